The van der Waals surface area contributed by atoms with E-state index in [4.69, 9.17) is 4.74 Å². The summed E-state index contributed by atoms with van der Waals surface area (Å²) in [6, 6.07) is 1.53. The van der Waals surface area contributed by atoms with Crippen LogP contribution < -0.4 is 0 Å². The minimum absolute atomic E-state index is 0.277. The van der Waals surface area contributed by atoms with Gasteiger partial charge in [0.2, 0.25) is 0 Å². The fourth-order valence-electron chi connectivity index (χ4n) is 2.20. The number of hydrogen-bond acceptors (Lipinski definition) is 3. The van der Waals surface area contributed by atoms with Crippen molar-refractivity contribution in [3.8, 4) is 0 Å². The Labute approximate surface area is 145 Å². The minimum Gasteiger partial charge on any atom is -0.464 e. The number of aromatic nitrogens is 2. The van der Waals surface area contributed by atoms with Gasteiger partial charge in [-0.1, -0.05) is 51.2 Å². The van der Waals surface area contributed by atoms with Gasteiger partial charge in [0, 0.05) is 12.1 Å². The van der Waals surface area contributed by atoms with Gasteiger partial charge in [-0.3, -0.25) is 4.68 Å². The molecule has 0 radical (unpaired) electrons. The van der Waals surface area contributed by atoms with Gasteiger partial charge in [0.15, 0.2) is 0 Å². The first-order valence-electron chi connectivity index (χ1n) is 8.16. The molecular weight excluding hydrogens is 333 g/mol. The van der Waals surface area contributed by atoms with Gasteiger partial charge in [0.25, 0.3) is 0 Å². The standard InChI is InChI=1S/C16H17F3N2O2.C2H6/c1-3-9-21-14(15(22)23-2)10-13(20-21)11-5-4-6-12(8-7-11)16(17,18)19;1-2/h4-8,10,12H,3,9H2,1-2H3;1-2H3. The number of hydrogen-bond donors (Lipinski definition) is 0. The molecule has 0 aromatic carbocycles. The fraction of sp³-hybridized carbons (Fsp3) is 0.444. The zero-order valence-electron chi connectivity index (χ0n) is 14.8. The number of aryl methyl sites for hydroxylation is 1. The summed E-state index contributed by atoms with van der Waals surface area (Å²) in [6.45, 7) is 6.45. The van der Waals surface area contributed by atoms with Crippen LogP contribution in [0.4, 0.5) is 13.2 Å². The Morgan fingerprint density at radius 3 is 2.56 bits per heavy atom. The zero-order chi connectivity index (χ0) is 19.0. The number of alkyl halides is 3. The number of nitrogens with zero attached hydrogens (tertiary/aromatic N) is 2. The van der Waals surface area contributed by atoms with Crippen LogP contribution in [-0.2, 0) is 11.3 Å². The quantitative estimate of drug-likeness (QED) is 0.728. The molecule has 138 valence electrons. The predicted molar refractivity (Wildman–Crippen MR) is 91.0 cm³/mol. The number of carbonyl (C=O) groups is 1. The van der Waals surface area contributed by atoms with Crippen LogP contribution in [0.5, 0.6) is 0 Å². The maximum atomic E-state index is 12.8. The lowest BCUT2D eigenvalue weighted by Crippen LogP contribution is -2.18. The van der Waals surface area contributed by atoms with E-state index in [1.54, 1.807) is 6.08 Å². The molecule has 1 aromatic rings. The van der Waals surface area contributed by atoms with Crippen LogP contribution in [0.2, 0.25) is 0 Å². The van der Waals surface area contributed by atoms with Crippen molar-refractivity contribution >= 4 is 11.5 Å². The van der Waals surface area contributed by atoms with Crippen LogP contribution in [-0.4, -0.2) is 29.0 Å². The maximum Gasteiger partial charge on any atom is 0.398 e. The van der Waals surface area contributed by atoms with Crippen molar-refractivity contribution in [1.29, 1.82) is 0 Å². The summed E-state index contributed by atoms with van der Waals surface area (Å²) in [6.07, 6.45) is 2.86. The highest BCUT2D eigenvalue weighted by molar-refractivity contribution is 5.89. The van der Waals surface area contributed by atoms with E-state index in [9.17, 15) is 18.0 Å². The third kappa shape index (κ3) is 5.34. The summed E-state index contributed by atoms with van der Waals surface area (Å²) in [5, 5.41) is 4.30. The number of rotatable bonds is 4. The van der Waals surface area contributed by atoms with Crippen molar-refractivity contribution in [2.75, 3.05) is 7.11 Å². The summed E-state index contributed by atoms with van der Waals surface area (Å²) in [5.74, 6) is -2.16. The number of methoxy groups -OCH3 is 1. The van der Waals surface area contributed by atoms with Crippen LogP contribution in [0.3, 0.4) is 0 Å². The number of halogens is 3. The smallest absolute Gasteiger partial charge is 0.398 e. The van der Waals surface area contributed by atoms with E-state index in [1.165, 1.54) is 30.0 Å². The molecule has 1 aromatic heterocycles. The van der Waals surface area contributed by atoms with Gasteiger partial charge in [-0.05, 0) is 12.5 Å². The largest absolute Gasteiger partial charge is 0.464 e. The van der Waals surface area contributed by atoms with Crippen LogP contribution in [0.25, 0.3) is 5.57 Å². The summed E-state index contributed by atoms with van der Waals surface area (Å²) in [7, 11) is 1.27. The second-order valence-corrected chi connectivity index (χ2v) is 5.06. The number of allylic oxidation sites excluding steroid dienone is 6. The molecule has 1 heterocycles. The lowest BCUT2D eigenvalue weighted by atomic mass is 10.1. The fourth-order valence-corrected chi connectivity index (χ4v) is 2.20. The molecule has 4 nitrogen and oxygen atoms in total. The molecule has 1 aliphatic carbocycles. The maximum absolute atomic E-state index is 12.8. The van der Waals surface area contributed by atoms with Gasteiger partial charge < -0.3 is 4.74 Å². The van der Waals surface area contributed by atoms with Gasteiger partial charge in [-0.2, -0.15) is 18.3 Å². The molecule has 0 aliphatic heterocycles. The molecular formula is C18H23F3N2O2. The molecule has 0 bridgehead atoms. The van der Waals surface area contributed by atoms with Crippen molar-refractivity contribution in [3.05, 3.63) is 47.8 Å². The lowest BCUT2D eigenvalue weighted by Gasteiger charge is -2.11. The molecule has 0 N–H and O–H groups in total. The molecule has 0 amide bonds. The number of carbonyl (C=O) groups excluding carboxylic acids is 1. The summed E-state index contributed by atoms with van der Waals surface area (Å²) in [5.41, 5.74) is 1.22. The summed E-state index contributed by atoms with van der Waals surface area (Å²) < 4.78 is 44.5. The Hall–Kier alpha value is -2.31. The van der Waals surface area contributed by atoms with Crippen LogP contribution in [0.15, 0.2) is 36.4 Å². The highest BCUT2D eigenvalue weighted by atomic mass is 19.4. The van der Waals surface area contributed by atoms with E-state index in [0.29, 0.717) is 17.8 Å². The summed E-state index contributed by atoms with van der Waals surface area (Å²) in [4.78, 5) is 11.8. The average molecular weight is 356 g/mol. The molecule has 1 aliphatic rings. The number of ether oxygens (including phenoxy) is 1. The van der Waals surface area contributed by atoms with E-state index < -0.39 is 18.1 Å². The first-order valence-corrected chi connectivity index (χ1v) is 8.16. The second kappa shape index (κ2) is 9.25. The monoisotopic (exact) mass is 356 g/mol. The van der Waals surface area contributed by atoms with Gasteiger partial charge in [0.05, 0.1) is 18.7 Å². The Bertz CT molecular complexity index is 670. The van der Waals surface area contributed by atoms with E-state index in [0.717, 1.165) is 18.6 Å². The molecule has 0 fully saturated rings. The van der Waals surface area contributed by atoms with Crippen molar-refractivity contribution in [2.45, 2.75) is 39.9 Å². The van der Waals surface area contributed by atoms with E-state index in [-0.39, 0.29) is 5.69 Å². The van der Waals surface area contributed by atoms with Gasteiger partial charge in [-0.25, -0.2) is 4.79 Å². The molecule has 7 heteroatoms. The Morgan fingerprint density at radius 1 is 1.32 bits per heavy atom. The van der Waals surface area contributed by atoms with Crippen molar-refractivity contribution < 1.29 is 22.7 Å². The minimum atomic E-state index is -4.32. The second-order valence-electron chi connectivity index (χ2n) is 5.06. The molecule has 0 saturated carbocycles. The molecule has 0 saturated heterocycles. The van der Waals surface area contributed by atoms with Crippen LogP contribution in [0.1, 0.15) is 43.4 Å². The molecule has 1 atom stereocenters. The Morgan fingerprint density at radius 2 is 2.00 bits per heavy atom. The normalized spacial score (nSPS) is 16.6. The van der Waals surface area contributed by atoms with E-state index in [2.05, 4.69) is 5.10 Å². The highest BCUT2D eigenvalue weighted by Crippen LogP contribution is 2.31. The Balaban J connectivity index is 0.00000151. The van der Waals surface area contributed by atoms with Gasteiger partial charge >= 0.3 is 12.1 Å². The zero-order valence-corrected chi connectivity index (χ0v) is 14.8. The first kappa shape index (κ1) is 20.7. The van der Waals surface area contributed by atoms with E-state index >= 15 is 0 Å². The third-order valence-electron chi connectivity index (χ3n) is 3.36. The molecule has 25 heavy (non-hydrogen) atoms. The third-order valence-corrected chi connectivity index (χ3v) is 3.36. The summed E-state index contributed by atoms with van der Waals surface area (Å²) >= 11 is 0. The average Bonchev–Trinajstić information content (AvgIpc) is 2.83. The number of esters is 1. The topological polar surface area (TPSA) is 44.1 Å². The molecule has 1 unspecified atom stereocenters. The molecule has 0 spiro atoms. The van der Waals surface area contributed by atoms with Crippen LogP contribution in [0, 0.1) is 5.92 Å². The predicted octanol–water partition coefficient (Wildman–Crippen LogP) is 4.79. The van der Waals surface area contributed by atoms with Crippen molar-refractivity contribution in [2.24, 2.45) is 5.92 Å². The van der Waals surface area contributed by atoms with E-state index in [1.807, 2.05) is 20.8 Å². The van der Waals surface area contributed by atoms with Gasteiger partial charge in [-0.15, -0.1) is 0 Å². The van der Waals surface area contributed by atoms with Crippen molar-refractivity contribution in [1.82, 2.24) is 9.78 Å². The highest BCUT2D eigenvalue weighted by Gasteiger charge is 2.36. The van der Waals surface area contributed by atoms with Crippen LogP contribution >= 0.6 is 0 Å². The Kier molecular flexibility index (Phi) is 7.67. The first-order chi connectivity index (χ1) is 11.9. The van der Waals surface area contributed by atoms with Gasteiger partial charge in [0.1, 0.15) is 5.69 Å². The SMILES string of the molecule is CC.CCCn1nc(C2=CC=CC(C(F)(F)F)C=C2)cc1C(=O)OC. The van der Waals surface area contributed by atoms with Crippen molar-refractivity contribution in [3.63, 3.8) is 0 Å². The lowest BCUT2D eigenvalue weighted by molar-refractivity contribution is -0.148. The molecule has 2 rings (SSSR count).